The molecular formula is C18H20N2O3. The fourth-order valence-corrected chi connectivity index (χ4v) is 2.21. The Bertz CT molecular complexity index is 644. The van der Waals surface area contributed by atoms with Crippen LogP contribution in [0.1, 0.15) is 29.8 Å². The number of carbonyl (C=O) groups is 2. The predicted molar refractivity (Wildman–Crippen MR) is 86.6 cm³/mol. The number of carbonyl (C=O) groups excluding carboxylic acids is 2. The van der Waals surface area contributed by atoms with Crippen LogP contribution in [0.4, 0.5) is 0 Å². The highest BCUT2D eigenvalue weighted by Gasteiger charge is 2.28. The van der Waals surface area contributed by atoms with Gasteiger partial charge in [-0.05, 0) is 31.5 Å². The lowest BCUT2D eigenvalue weighted by Gasteiger charge is -2.28. The molecule has 23 heavy (non-hydrogen) atoms. The molecular weight excluding hydrogens is 292 g/mol. The van der Waals surface area contributed by atoms with Gasteiger partial charge in [0.25, 0.3) is 5.91 Å². The summed E-state index contributed by atoms with van der Waals surface area (Å²) in [6, 6.07) is 12.2. The lowest BCUT2D eigenvalue weighted by Crippen LogP contribution is -2.43. The molecule has 0 fully saturated rings. The van der Waals surface area contributed by atoms with Crippen molar-refractivity contribution < 1.29 is 14.3 Å². The van der Waals surface area contributed by atoms with E-state index in [4.69, 9.17) is 4.74 Å². The first kappa shape index (κ1) is 16.7. The van der Waals surface area contributed by atoms with Gasteiger partial charge in [-0.2, -0.15) is 0 Å². The van der Waals surface area contributed by atoms with Gasteiger partial charge in [-0.1, -0.05) is 30.3 Å². The van der Waals surface area contributed by atoms with Gasteiger partial charge in [0.05, 0.1) is 12.2 Å². The van der Waals surface area contributed by atoms with Crippen molar-refractivity contribution >= 4 is 11.9 Å². The lowest BCUT2D eigenvalue weighted by molar-refractivity contribution is -0.148. The van der Waals surface area contributed by atoms with Crippen molar-refractivity contribution in [3.05, 3.63) is 66.0 Å². The van der Waals surface area contributed by atoms with E-state index in [0.717, 1.165) is 5.56 Å². The second-order valence-electron chi connectivity index (χ2n) is 5.09. The van der Waals surface area contributed by atoms with Crippen LogP contribution in [0.2, 0.25) is 0 Å². The second-order valence-corrected chi connectivity index (χ2v) is 5.09. The van der Waals surface area contributed by atoms with Crippen LogP contribution in [0.3, 0.4) is 0 Å². The second kappa shape index (κ2) is 8.08. The van der Waals surface area contributed by atoms with Crippen molar-refractivity contribution in [3.8, 4) is 0 Å². The molecule has 0 aliphatic heterocycles. The first-order valence-electron chi connectivity index (χ1n) is 7.55. The summed E-state index contributed by atoms with van der Waals surface area (Å²) in [7, 11) is 0. The van der Waals surface area contributed by atoms with Gasteiger partial charge in [0, 0.05) is 18.9 Å². The number of ether oxygens (including phenoxy) is 1. The molecule has 2 aromatic rings. The molecule has 0 aliphatic rings. The SMILES string of the molecule is CCOC(=O)C(C)N(Cc1ccccc1)C(=O)c1cccnc1. The van der Waals surface area contributed by atoms with E-state index in [2.05, 4.69) is 4.98 Å². The molecule has 1 atom stereocenters. The van der Waals surface area contributed by atoms with Crippen LogP contribution in [0, 0.1) is 0 Å². The van der Waals surface area contributed by atoms with Gasteiger partial charge in [0.1, 0.15) is 6.04 Å². The Kier molecular flexibility index (Phi) is 5.86. The molecule has 5 nitrogen and oxygen atoms in total. The van der Waals surface area contributed by atoms with E-state index < -0.39 is 12.0 Å². The van der Waals surface area contributed by atoms with Gasteiger partial charge in [0.2, 0.25) is 0 Å². The molecule has 5 heteroatoms. The van der Waals surface area contributed by atoms with Gasteiger partial charge in [-0.3, -0.25) is 9.78 Å². The normalized spacial score (nSPS) is 11.6. The van der Waals surface area contributed by atoms with Crippen molar-refractivity contribution in [3.63, 3.8) is 0 Å². The number of rotatable bonds is 6. The van der Waals surface area contributed by atoms with Gasteiger partial charge in [-0.25, -0.2) is 4.79 Å². The minimum absolute atomic E-state index is 0.248. The third kappa shape index (κ3) is 4.39. The molecule has 1 unspecified atom stereocenters. The molecule has 1 aromatic heterocycles. The molecule has 0 N–H and O–H groups in total. The van der Waals surface area contributed by atoms with Crippen molar-refractivity contribution in [1.82, 2.24) is 9.88 Å². The number of esters is 1. The number of amides is 1. The van der Waals surface area contributed by atoms with E-state index in [1.54, 1.807) is 32.2 Å². The van der Waals surface area contributed by atoms with E-state index in [1.165, 1.54) is 11.1 Å². The standard InChI is InChI=1S/C18H20N2O3/c1-3-23-18(22)14(2)20(13-15-8-5-4-6-9-15)17(21)16-10-7-11-19-12-16/h4-12,14H,3,13H2,1-2H3. The molecule has 2 rings (SSSR count). The van der Waals surface area contributed by atoms with Crippen LogP contribution in [-0.4, -0.2) is 34.4 Å². The van der Waals surface area contributed by atoms with Crippen molar-refractivity contribution in [2.24, 2.45) is 0 Å². The minimum Gasteiger partial charge on any atom is -0.464 e. The zero-order chi connectivity index (χ0) is 16.7. The first-order chi connectivity index (χ1) is 11.1. The quantitative estimate of drug-likeness (QED) is 0.770. The Morgan fingerprint density at radius 1 is 1.17 bits per heavy atom. The Hall–Kier alpha value is -2.69. The van der Waals surface area contributed by atoms with E-state index in [1.807, 2.05) is 30.3 Å². The van der Waals surface area contributed by atoms with Crippen LogP contribution in [0.15, 0.2) is 54.9 Å². The number of nitrogens with zero attached hydrogens (tertiary/aromatic N) is 2. The number of aromatic nitrogens is 1. The van der Waals surface area contributed by atoms with Crippen LogP contribution < -0.4 is 0 Å². The van der Waals surface area contributed by atoms with Crippen molar-refractivity contribution in [1.29, 1.82) is 0 Å². The molecule has 0 saturated carbocycles. The average molecular weight is 312 g/mol. The molecule has 120 valence electrons. The summed E-state index contributed by atoms with van der Waals surface area (Å²) in [4.78, 5) is 30.3. The highest BCUT2D eigenvalue weighted by molar-refractivity contribution is 5.96. The third-order valence-electron chi connectivity index (χ3n) is 3.46. The van der Waals surface area contributed by atoms with Crippen LogP contribution >= 0.6 is 0 Å². The maximum absolute atomic E-state index is 12.8. The van der Waals surface area contributed by atoms with Crippen LogP contribution in [0.25, 0.3) is 0 Å². The van der Waals surface area contributed by atoms with E-state index in [-0.39, 0.29) is 12.5 Å². The summed E-state index contributed by atoms with van der Waals surface area (Å²) in [5.74, 6) is -0.664. The number of hydrogen-bond acceptors (Lipinski definition) is 4. The van der Waals surface area contributed by atoms with Gasteiger partial charge in [0.15, 0.2) is 0 Å². The molecule has 0 saturated heterocycles. The van der Waals surface area contributed by atoms with Crippen molar-refractivity contribution in [2.75, 3.05) is 6.61 Å². The summed E-state index contributed by atoms with van der Waals surface area (Å²) in [5.41, 5.74) is 1.39. The maximum Gasteiger partial charge on any atom is 0.328 e. The first-order valence-corrected chi connectivity index (χ1v) is 7.55. The number of hydrogen-bond donors (Lipinski definition) is 0. The Balaban J connectivity index is 2.27. The fourth-order valence-electron chi connectivity index (χ4n) is 2.21. The van der Waals surface area contributed by atoms with E-state index in [9.17, 15) is 9.59 Å². The number of benzene rings is 1. The molecule has 0 spiro atoms. The number of pyridine rings is 1. The van der Waals surface area contributed by atoms with Gasteiger partial charge >= 0.3 is 5.97 Å². The third-order valence-corrected chi connectivity index (χ3v) is 3.46. The Morgan fingerprint density at radius 3 is 2.52 bits per heavy atom. The zero-order valence-electron chi connectivity index (χ0n) is 13.3. The minimum atomic E-state index is -0.678. The summed E-state index contributed by atoms with van der Waals surface area (Å²) < 4.78 is 5.06. The monoisotopic (exact) mass is 312 g/mol. The van der Waals surface area contributed by atoms with Gasteiger partial charge in [-0.15, -0.1) is 0 Å². The predicted octanol–water partition coefficient (Wildman–Crippen LogP) is 2.68. The average Bonchev–Trinajstić information content (AvgIpc) is 2.60. The topological polar surface area (TPSA) is 59.5 Å². The highest BCUT2D eigenvalue weighted by atomic mass is 16.5. The van der Waals surface area contributed by atoms with Crippen LogP contribution in [0.5, 0.6) is 0 Å². The van der Waals surface area contributed by atoms with Crippen molar-refractivity contribution in [2.45, 2.75) is 26.4 Å². The largest absolute Gasteiger partial charge is 0.464 e. The fraction of sp³-hybridized carbons (Fsp3) is 0.278. The highest BCUT2D eigenvalue weighted by Crippen LogP contribution is 2.14. The molecule has 0 radical (unpaired) electrons. The van der Waals surface area contributed by atoms with E-state index >= 15 is 0 Å². The molecule has 1 aromatic carbocycles. The smallest absolute Gasteiger partial charge is 0.328 e. The molecule has 1 heterocycles. The molecule has 1 amide bonds. The van der Waals surface area contributed by atoms with E-state index in [0.29, 0.717) is 12.1 Å². The molecule has 0 bridgehead atoms. The zero-order valence-corrected chi connectivity index (χ0v) is 13.3. The van der Waals surface area contributed by atoms with Gasteiger partial charge < -0.3 is 9.64 Å². The lowest BCUT2D eigenvalue weighted by atomic mass is 10.1. The summed E-state index contributed by atoms with van der Waals surface area (Å²) in [6.07, 6.45) is 3.10. The summed E-state index contributed by atoms with van der Waals surface area (Å²) in [6.45, 7) is 4.03. The maximum atomic E-state index is 12.8. The Labute approximate surface area is 135 Å². The summed E-state index contributed by atoms with van der Waals surface area (Å²) >= 11 is 0. The molecule has 0 aliphatic carbocycles. The summed E-state index contributed by atoms with van der Waals surface area (Å²) in [5, 5.41) is 0. The van der Waals surface area contributed by atoms with Crippen LogP contribution in [-0.2, 0) is 16.1 Å². The Morgan fingerprint density at radius 2 is 1.91 bits per heavy atom.